The van der Waals surface area contributed by atoms with Crippen molar-refractivity contribution in [3.8, 4) is 0 Å². The minimum Gasteiger partial charge on any atom is -0.444 e. The number of amides is 1. The lowest BCUT2D eigenvalue weighted by atomic mass is 10.2. The highest BCUT2D eigenvalue weighted by Gasteiger charge is 2.40. The number of nitrogens with one attached hydrogen (secondary N) is 2. The number of nitrogens with zero attached hydrogens (tertiary/aromatic N) is 2. The van der Waals surface area contributed by atoms with E-state index >= 15 is 0 Å². The lowest BCUT2D eigenvalue weighted by molar-refractivity contribution is 0.0522. The highest BCUT2D eigenvalue weighted by Crippen LogP contribution is 2.25. The molecule has 1 aromatic rings. The molecule has 0 radical (unpaired) electrons. The maximum Gasteiger partial charge on any atom is 0.407 e. The molecule has 112 valence electrons. The number of aryl methyl sites for hydroxylation is 1. The Morgan fingerprint density at radius 1 is 1.50 bits per heavy atom. The summed E-state index contributed by atoms with van der Waals surface area (Å²) in [6.45, 7) is 7.65. The molecule has 1 aliphatic carbocycles. The van der Waals surface area contributed by atoms with E-state index in [1.807, 2.05) is 38.6 Å². The third-order valence-electron chi connectivity index (χ3n) is 3.20. The summed E-state index contributed by atoms with van der Waals surface area (Å²) in [6, 6.07) is 0.590. The third-order valence-corrected chi connectivity index (χ3v) is 3.20. The van der Waals surface area contributed by atoms with Gasteiger partial charge in [0.25, 0.3) is 0 Å². The number of carbonyl (C=O) groups excluding carboxylic acids is 1. The van der Waals surface area contributed by atoms with Crippen molar-refractivity contribution in [3.63, 3.8) is 0 Å². The summed E-state index contributed by atoms with van der Waals surface area (Å²) in [4.78, 5) is 16.0. The smallest absolute Gasteiger partial charge is 0.407 e. The molecule has 0 aromatic carbocycles. The molecule has 20 heavy (non-hydrogen) atoms. The molecule has 1 aromatic heterocycles. The van der Waals surface area contributed by atoms with E-state index in [9.17, 15) is 4.79 Å². The number of hydrogen-bond acceptors (Lipinski definition) is 4. The fourth-order valence-electron chi connectivity index (χ4n) is 2.19. The van der Waals surface area contributed by atoms with E-state index in [2.05, 4.69) is 22.5 Å². The maximum absolute atomic E-state index is 11.6. The summed E-state index contributed by atoms with van der Waals surface area (Å²) in [5, 5.41) is 6.34. The first-order valence-electron chi connectivity index (χ1n) is 6.99. The van der Waals surface area contributed by atoms with Gasteiger partial charge in [-0.2, -0.15) is 0 Å². The largest absolute Gasteiger partial charge is 0.444 e. The van der Waals surface area contributed by atoms with Gasteiger partial charge < -0.3 is 19.9 Å². The van der Waals surface area contributed by atoms with Crippen LogP contribution in [0.3, 0.4) is 0 Å². The number of alkyl carbamates (subject to hydrolysis) is 1. The monoisotopic (exact) mass is 280 g/mol. The van der Waals surface area contributed by atoms with Gasteiger partial charge in [0.05, 0.1) is 6.04 Å². The molecular weight excluding hydrogens is 256 g/mol. The van der Waals surface area contributed by atoms with Crippen molar-refractivity contribution >= 4 is 6.09 Å². The molecule has 0 bridgehead atoms. The average Bonchev–Trinajstić information content (AvgIpc) is 2.84. The second-order valence-electron chi connectivity index (χ2n) is 6.38. The zero-order valence-corrected chi connectivity index (χ0v) is 12.8. The molecule has 6 heteroatoms. The van der Waals surface area contributed by atoms with Gasteiger partial charge >= 0.3 is 6.09 Å². The van der Waals surface area contributed by atoms with Crippen LogP contribution in [0.25, 0.3) is 0 Å². The summed E-state index contributed by atoms with van der Waals surface area (Å²) in [5.41, 5.74) is -0.456. The zero-order valence-electron chi connectivity index (χ0n) is 12.8. The Kier molecular flexibility index (Phi) is 4.04. The van der Waals surface area contributed by atoms with E-state index in [-0.39, 0.29) is 24.2 Å². The summed E-state index contributed by atoms with van der Waals surface area (Å²) in [7, 11) is 1.98. The normalized spacial score (nSPS) is 23.2. The van der Waals surface area contributed by atoms with Gasteiger partial charge in [0.15, 0.2) is 0 Å². The SMILES string of the molecule is CC(NC1CC1NC(=O)OC(C)(C)C)c1nccn1C. The molecule has 1 amide bonds. The second-order valence-corrected chi connectivity index (χ2v) is 6.38. The van der Waals surface area contributed by atoms with E-state index in [1.165, 1.54) is 0 Å². The number of aromatic nitrogens is 2. The standard InChI is InChI=1S/C14H24N4O2/c1-9(12-15-6-7-18(12)5)16-10-8-11(10)17-13(19)20-14(2,3)4/h6-7,9-11,16H,8H2,1-5H3,(H,17,19). The summed E-state index contributed by atoms with van der Waals surface area (Å²) in [5.74, 6) is 0.993. The Hall–Kier alpha value is -1.56. The van der Waals surface area contributed by atoms with E-state index in [0.717, 1.165) is 12.2 Å². The number of imidazole rings is 1. The molecule has 3 unspecified atom stereocenters. The molecule has 3 atom stereocenters. The molecular formula is C14H24N4O2. The first-order valence-corrected chi connectivity index (χ1v) is 6.99. The van der Waals surface area contributed by atoms with Crippen LogP contribution >= 0.6 is 0 Å². The lowest BCUT2D eigenvalue weighted by Gasteiger charge is -2.20. The number of ether oxygens (including phenoxy) is 1. The Morgan fingerprint density at radius 3 is 2.75 bits per heavy atom. The average molecular weight is 280 g/mol. The molecule has 1 aliphatic rings. The topological polar surface area (TPSA) is 68.2 Å². The fraction of sp³-hybridized carbons (Fsp3) is 0.714. The molecule has 1 fully saturated rings. The van der Waals surface area contributed by atoms with Gasteiger partial charge in [-0.05, 0) is 34.1 Å². The Balaban J connectivity index is 1.76. The van der Waals surface area contributed by atoms with Crippen LogP contribution in [0.1, 0.15) is 46.0 Å². The zero-order chi connectivity index (χ0) is 14.9. The molecule has 1 heterocycles. The summed E-state index contributed by atoms with van der Waals surface area (Å²) in [6.07, 6.45) is 4.29. The van der Waals surface area contributed by atoms with Crippen molar-refractivity contribution in [2.24, 2.45) is 7.05 Å². The molecule has 1 saturated carbocycles. The third kappa shape index (κ3) is 3.96. The van der Waals surface area contributed by atoms with Crippen LogP contribution < -0.4 is 10.6 Å². The molecule has 2 rings (SSSR count). The van der Waals surface area contributed by atoms with Gasteiger partial charge in [0.1, 0.15) is 11.4 Å². The molecule has 2 N–H and O–H groups in total. The van der Waals surface area contributed by atoms with Crippen LogP contribution in [0.2, 0.25) is 0 Å². The fourth-order valence-corrected chi connectivity index (χ4v) is 2.19. The van der Waals surface area contributed by atoms with Crippen LogP contribution in [-0.2, 0) is 11.8 Å². The van der Waals surface area contributed by atoms with E-state index in [0.29, 0.717) is 0 Å². The van der Waals surface area contributed by atoms with Crippen molar-refractivity contribution in [1.29, 1.82) is 0 Å². The van der Waals surface area contributed by atoms with Crippen molar-refractivity contribution in [2.75, 3.05) is 0 Å². The summed E-state index contributed by atoms with van der Waals surface area (Å²) < 4.78 is 7.24. The molecule has 0 saturated heterocycles. The minimum absolute atomic E-state index is 0.146. The maximum atomic E-state index is 11.6. The van der Waals surface area contributed by atoms with Gasteiger partial charge in [-0.25, -0.2) is 9.78 Å². The van der Waals surface area contributed by atoms with Gasteiger partial charge in [-0.3, -0.25) is 0 Å². The predicted octanol–water partition coefficient (Wildman–Crippen LogP) is 1.74. The Morgan fingerprint density at radius 2 is 2.20 bits per heavy atom. The van der Waals surface area contributed by atoms with Gasteiger partial charge in [0, 0.05) is 31.5 Å². The highest BCUT2D eigenvalue weighted by atomic mass is 16.6. The van der Waals surface area contributed by atoms with Gasteiger partial charge in [-0.15, -0.1) is 0 Å². The Bertz CT molecular complexity index is 478. The molecule has 0 spiro atoms. The van der Waals surface area contributed by atoms with Crippen LogP contribution in [0.5, 0.6) is 0 Å². The minimum atomic E-state index is -0.456. The highest BCUT2D eigenvalue weighted by molar-refractivity contribution is 5.68. The van der Waals surface area contributed by atoms with Crippen LogP contribution in [0.4, 0.5) is 4.79 Å². The lowest BCUT2D eigenvalue weighted by Crippen LogP contribution is -2.37. The number of rotatable bonds is 4. The molecule has 0 aliphatic heterocycles. The predicted molar refractivity (Wildman–Crippen MR) is 76.3 cm³/mol. The first-order chi connectivity index (χ1) is 9.26. The summed E-state index contributed by atoms with van der Waals surface area (Å²) >= 11 is 0. The van der Waals surface area contributed by atoms with Gasteiger partial charge in [-0.1, -0.05) is 0 Å². The first kappa shape index (κ1) is 14.8. The van der Waals surface area contributed by atoms with Crippen LogP contribution in [0, 0.1) is 0 Å². The van der Waals surface area contributed by atoms with E-state index in [1.54, 1.807) is 6.20 Å². The number of hydrogen-bond donors (Lipinski definition) is 2. The van der Waals surface area contributed by atoms with Crippen molar-refractivity contribution in [3.05, 3.63) is 18.2 Å². The van der Waals surface area contributed by atoms with E-state index in [4.69, 9.17) is 4.74 Å². The van der Waals surface area contributed by atoms with Crippen molar-refractivity contribution < 1.29 is 9.53 Å². The van der Waals surface area contributed by atoms with Crippen molar-refractivity contribution in [1.82, 2.24) is 20.2 Å². The quantitative estimate of drug-likeness (QED) is 0.881. The van der Waals surface area contributed by atoms with Crippen molar-refractivity contribution in [2.45, 2.75) is 57.8 Å². The Labute approximate surface area is 119 Å². The van der Waals surface area contributed by atoms with Crippen LogP contribution in [0.15, 0.2) is 12.4 Å². The second kappa shape index (κ2) is 5.44. The molecule has 6 nitrogen and oxygen atoms in total. The van der Waals surface area contributed by atoms with Gasteiger partial charge in [0.2, 0.25) is 0 Å². The number of carbonyl (C=O) groups is 1. The van der Waals surface area contributed by atoms with Crippen LogP contribution in [-0.4, -0.2) is 33.3 Å². The van der Waals surface area contributed by atoms with E-state index < -0.39 is 5.60 Å².